The van der Waals surface area contributed by atoms with Gasteiger partial charge in [0.2, 0.25) is 5.78 Å². The van der Waals surface area contributed by atoms with Gasteiger partial charge in [0.15, 0.2) is 5.16 Å². The molecule has 0 fully saturated rings. The second-order valence-electron chi connectivity index (χ2n) is 5.60. The van der Waals surface area contributed by atoms with E-state index < -0.39 is 0 Å². The molecule has 7 nitrogen and oxygen atoms in total. The molecule has 0 atom stereocenters. The maximum Gasteiger partial charge on any atom is 0.262 e. The molecule has 0 aliphatic heterocycles. The number of hydrogen-bond acceptors (Lipinski definition) is 5. The summed E-state index contributed by atoms with van der Waals surface area (Å²) >= 11 is 1.62. The van der Waals surface area contributed by atoms with Crippen molar-refractivity contribution in [3.05, 3.63) is 52.8 Å². The predicted molar refractivity (Wildman–Crippen MR) is 97.9 cm³/mol. The number of nitrogens with zero attached hydrogens (tertiary/aromatic N) is 6. The van der Waals surface area contributed by atoms with Crippen LogP contribution in [-0.4, -0.2) is 28.7 Å². The fraction of sp³-hybridized carbons (Fsp3) is 0.294. The Bertz CT molecular complexity index is 1110. The van der Waals surface area contributed by atoms with Crippen LogP contribution in [0, 0.1) is 0 Å². The first-order chi connectivity index (χ1) is 12.2. The highest BCUT2D eigenvalue weighted by atomic mass is 32.2. The van der Waals surface area contributed by atoms with Crippen LogP contribution < -0.4 is 5.56 Å². The number of aromatic nitrogens is 6. The molecule has 0 bridgehead atoms. The van der Waals surface area contributed by atoms with Crippen LogP contribution in [-0.2, 0) is 18.8 Å². The summed E-state index contributed by atoms with van der Waals surface area (Å²) in [6.07, 6.45) is 3.77. The van der Waals surface area contributed by atoms with Gasteiger partial charge in [-0.2, -0.15) is 0 Å². The van der Waals surface area contributed by atoms with Crippen LogP contribution in [0.25, 0.3) is 16.7 Å². The topological polar surface area (TPSA) is 70.0 Å². The van der Waals surface area contributed by atoms with Gasteiger partial charge < -0.3 is 4.57 Å². The van der Waals surface area contributed by atoms with Gasteiger partial charge in [-0.25, -0.2) is 4.98 Å². The molecule has 3 aromatic heterocycles. The Kier molecular flexibility index (Phi) is 4.04. The van der Waals surface area contributed by atoms with Gasteiger partial charge in [0.05, 0.1) is 16.7 Å². The van der Waals surface area contributed by atoms with Crippen LogP contribution in [0.15, 0.2) is 46.6 Å². The maximum atomic E-state index is 12.7. The Labute approximate surface area is 148 Å². The Morgan fingerprint density at radius 3 is 2.76 bits per heavy atom. The van der Waals surface area contributed by atoms with Crippen LogP contribution in [0.5, 0.6) is 0 Å². The van der Waals surface area contributed by atoms with Crippen LogP contribution in [0.4, 0.5) is 0 Å². The first-order valence-corrected chi connectivity index (χ1v) is 9.22. The third kappa shape index (κ3) is 2.53. The third-order valence-corrected chi connectivity index (χ3v) is 5.24. The number of rotatable bonds is 5. The van der Waals surface area contributed by atoms with E-state index in [1.165, 1.54) is 0 Å². The molecule has 0 spiro atoms. The highest BCUT2D eigenvalue weighted by molar-refractivity contribution is 7.98. The van der Waals surface area contributed by atoms with E-state index >= 15 is 0 Å². The smallest absolute Gasteiger partial charge is 0.262 e. The fourth-order valence-electron chi connectivity index (χ4n) is 3.00. The summed E-state index contributed by atoms with van der Waals surface area (Å²) in [6.45, 7) is 5.46. The lowest BCUT2D eigenvalue weighted by Gasteiger charge is -2.09. The van der Waals surface area contributed by atoms with Crippen LogP contribution >= 0.6 is 11.8 Å². The van der Waals surface area contributed by atoms with E-state index in [0.29, 0.717) is 23.5 Å². The van der Waals surface area contributed by atoms with Crippen molar-refractivity contribution in [3.63, 3.8) is 0 Å². The van der Waals surface area contributed by atoms with Crippen molar-refractivity contribution in [2.24, 2.45) is 0 Å². The third-order valence-electron chi connectivity index (χ3n) is 4.24. The minimum Gasteiger partial charge on any atom is -0.326 e. The minimum atomic E-state index is -0.0290. The molecular formula is C17H18N6OS. The fourth-order valence-corrected chi connectivity index (χ4v) is 3.93. The minimum absolute atomic E-state index is 0.0290. The van der Waals surface area contributed by atoms with E-state index in [1.54, 1.807) is 22.5 Å². The zero-order chi connectivity index (χ0) is 17.4. The van der Waals surface area contributed by atoms with Gasteiger partial charge in [0, 0.05) is 25.5 Å². The highest BCUT2D eigenvalue weighted by Gasteiger charge is 2.16. The van der Waals surface area contributed by atoms with Crippen LogP contribution in [0.2, 0.25) is 0 Å². The van der Waals surface area contributed by atoms with Gasteiger partial charge in [-0.15, -0.1) is 10.2 Å². The van der Waals surface area contributed by atoms with Gasteiger partial charge >= 0.3 is 0 Å². The lowest BCUT2D eigenvalue weighted by atomic mass is 10.2. The molecule has 1 aromatic carbocycles. The molecule has 8 heteroatoms. The van der Waals surface area contributed by atoms with Crippen molar-refractivity contribution in [1.29, 1.82) is 0 Å². The summed E-state index contributed by atoms with van der Waals surface area (Å²) in [4.78, 5) is 17.1. The van der Waals surface area contributed by atoms with E-state index in [4.69, 9.17) is 0 Å². The van der Waals surface area contributed by atoms with Crippen molar-refractivity contribution in [2.45, 2.75) is 37.8 Å². The molecule has 0 aliphatic carbocycles. The standard InChI is InChI=1S/C17H18N6OS/c1-3-21-10-9-18-17(21)25-11-14-19-20-16-22(4-2)15(24)12-7-5-6-8-13(12)23(14)16/h5-10H,3-4,11H2,1-2H3. The summed E-state index contributed by atoms with van der Waals surface area (Å²) in [7, 11) is 0. The molecule has 25 heavy (non-hydrogen) atoms. The molecular weight excluding hydrogens is 336 g/mol. The van der Waals surface area contributed by atoms with Crippen LogP contribution in [0.3, 0.4) is 0 Å². The second-order valence-corrected chi connectivity index (χ2v) is 6.55. The van der Waals surface area contributed by atoms with Crippen molar-refractivity contribution in [1.82, 2.24) is 28.7 Å². The number of aryl methyl sites for hydroxylation is 2. The molecule has 4 rings (SSSR count). The number of imidazole rings is 1. The van der Waals surface area contributed by atoms with E-state index in [0.717, 1.165) is 23.0 Å². The molecule has 0 aliphatic rings. The summed E-state index contributed by atoms with van der Waals surface area (Å²) in [5.41, 5.74) is 0.811. The molecule has 128 valence electrons. The van der Waals surface area contributed by atoms with E-state index in [2.05, 4.69) is 26.7 Å². The molecule has 0 unspecified atom stereocenters. The maximum absolute atomic E-state index is 12.7. The number of hydrogen-bond donors (Lipinski definition) is 0. The van der Waals surface area contributed by atoms with Gasteiger partial charge in [0.25, 0.3) is 5.56 Å². The van der Waals surface area contributed by atoms with Crippen molar-refractivity contribution in [2.75, 3.05) is 0 Å². The Morgan fingerprint density at radius 2 is 1.96 bits per heavy atom. The summed E-state index contributed by atoms with van der Waals surface area (Å²) < 4.78 is 5.73. The van der Waals surface area contributed by atoms with Gasteiger partial charge in [-0.05, 0) is 26.0 Å². The lowest BCUT2D eigenvalue weighted by Crippen LogP contribution is -2.22. The monoisotopic (exact) mass is 354 g/mol. The van der Waals surface area contributed by atoms with Gasteiger partial charge in [-0.3, -0.25) is 13.8 Å². The quantitative estimate of drug-likeness (QED) is 0.515. The highest BCUT2D eigenvalue weighted by Crippen LogP contribution is 2.22. The molecule has 0 radical (unpaired) electrons. The average molecular weight is 354 g/mol. The molecule has 0 saturated carbocycles. The molecule has 0 saturated heterocycles. The largest absolute Gasteiger partial charge is 0.326 e. The molecule has 3 heterocycles. The van der Waals surface area contributed by atoms with E-state index in [-0.39, 0.29) is 5.56 Å². The van der Waals surface area contributed by atoms with Crippen LogP contribution in [0.1, 0.15) is 19.7 Å². The summed E-state index contributed by atoms with van der Waals surface area (Å²) in [5, 5.41) is 10.3. The average Bonchev–Trinajstić information content (AvgIpc) is 3.27. The molecule has 0 N–H and O–H groups in total. The summed E-state index contributed by atoms with van der Waals surface area (Å²) in [6, 6.07) is 7.60. The molecule has 0 amide bonds. The summed E-state index contributed by atoms with van der Waals surface area (Å²) in [5.74, 6) is 2.02. The zero-order valence-electron chi connectivity index (χ0n) is 14.1. The lowest BCUT2D eigenvalue weighted by molar-refractivity contribution is 0.680. The first kappa shape index (κ1) is 15.9. The Balaban J connectivity index is 1.85. The zero-order valence-corrected chi connectivity index (χ0v) is 14.9. The first-order valence-electron chi connectivity index (χ1n) is 8.24. The second kappa shape index (κ2) is 6.36. The Hall–Kier alpha value is -2.61. The van der Waals surface area contributed by atoms with Gasteiger partial charge in [-0.1, -0.05) is 23.9 Å². The number of para-hydroxylation sites is 1. The van der Waals surface area contributed by atoms with Gasteiger partial charge in [0.1, 0.15) is 5.82 Å². The Morgan fingerprint density at radius 1 is 1.12 bits per heavy atom. The number of benzene rings is 1. The molecule has 4 aromatic rings. The van der Waals surface area contributed by atoms with Crippen molar-refractivity contribution < 1.29 is 0 Å². The van der Waals surface area contributed by atoms with Crippen molar-refractivity contribution in [3.8, 4) is 0 Å². The predicted octanol–water partition coefficient (Wildman–Crippen LogP) is 2.57. The number of fused-ring (bicyclic) bond motifs is 3. The van der Waals surface area contributed by atoms with Crippen molar-refractivity contribution >= 4 is 28.4 Å². The number of thioether (sulfide) groups is 1. The SMILES string of the molecule is CCn1ccnc1SCc1nnc2n(CC)c(=O)c3ccccc3n12. The van der Waals surface area contributed by atoms with E-state index in [9.17, 15) is 4.79 Å². The van der Waals surface area contributed by atoms with E-state index in [1.807, 2.05) is 41.8 Å². The normalized spacial score (nSPS) is 11.6.